The van der Waals surface area contributed by atoms with Gasteiger partial charge in [0.2, 0.25) is 0 Å². The van der Waals surface area contributed by atoms with Crippen molar-refractivity contribution >= 4 is 33.8 Å². The summed E-state index contributed by atoms with van der Waals surface area (Å²) >= 11 is 7.43. The molecule has 0 spiro atoms. The van der Waals surface area contributed by atoms with Crippen LogP contribution in [0.1, 0.15) is 5.69 Å². The van der Waals surface area contributed by atoms with E-state index in [9.17, 15) is 4.79 Å². The first-order valence-electron chi connectivity index (χ1n) is 7.23. The zero-order valence-corrected chi connectivity index (χ0v) is 14.0. The number of benzene rings is 2. The zero-order valence-electron chi connectivity index (χ0n) is 12.4. The normalized spacial score (nSPS) is 11.0. The Kier molecular flexibility index (Phi) is 3.84. The summed E-state index contributed by atoms with van der Waals surface area (Å²) in [5.74, 6) is 0. The zero-order chi connectivity index (χ0) is 16.5. The van der Waals surface area contributed by atoms with Crippen molar-refractivity contribution in [3.8, 4) is 10.6 Å². The summed E-state index contributed by atoms with van der Waals surface area (Å²) in [6.07, 6.45) is 0. The maximum absolute atomic E-state index is 12.5. The lowest BCUT2D eigenvalue weighted by atomic mass is 10.2. The van der Waals surface area contributed by atoms with Crippen LogP contribution in [0.25, 0.3) is 21.5 Å². The smallest absolute Gasteiger partial charge is 0.267 e. The topological polar surface area (TPSA) is 60.7 Å². The molecule has 0 aliphatic carbocycles. The molecule has 24 heavy (non-hydrogen) atoms. The summed E-state index contributed by atoms with van der Waals surface area (Å²) in [7, 11) is 0. The average molecular weight is 355 g/mol. The molecule has 0 saturated heterocycles. The van der Waals surface area contributed by atoms with Crippen molar-refractivity contribution in [2.45, 2.75) is 6.54 Å². The van der Waals surface area contributed by atoms with Crippen molar-refractivity contribution in [3.05, 3.63) is 75.0 Å². The molecule has 0 atom stereocenters. The molecule has 4 rings (SSSR count). The highest BCUT2D eigenvalue weighted by Gasteiger charge is 2.09. The van der Waals surface area contributed by atoms with Gasteiger partial charge in [0.05, 0.1) is 17.6 Å². The van der Waals surface area contributed by atoms with E-state index in [4.69, 9.17) is 11.6 Å². The Labute approximate surface area is 146 Å². The van der Waals surface area contributed by atoms with E-state index in [1.54, 1.807) is 12.1 Å². The molecular formula is C17H11ClN4OS. The maximum Gasteiger partial charge on any atom is 0.277 e. The van der Waals surface area contributed by atoms with Crippen molar-refractivity contribution in [1.29, 1.82) is 0 Å². The van der Waals surface area contributed by atoms with E-state index in [0.29, 0.717) is 22.5 Å². The van der Waals surface area contributed by atoms with E-state index < -0.39 is 0 Å². The molecule has 0 N–H and O–H groups in total. The van der Waals surface area contributed by atoms with Gasteiger partial charge >= 0.3 is 0 Å². The van der Waals surface area contributed by atoms with E-state index in [1.165, 1.54) is 16.0 Å². The van der Waals surface area contributed by atoms with Crippen molar-refractivity contribution in [1.82, 2.24) is 20.0 Å². The number of fused-ring (bicyclic) bond motifs is 1. The first-order chi connectivity index (χ1) is 11.7. The summed E-state index contributed by atoms with van der Waals surface area (Å²) in [5, 5.41) is 12.1. The maximum atomic E-state index is 12.5. The van der Waals surface area contributed by atoms with E-state index >= 15 is 0 Å². The number of thiazole rings is 1. The summed E-state index contributed by atoms with van der Waals surface area (Å²) in [4.78, 5) is 17.0. The van der Waals surface area contributed by atoms with Crippen molar-refractivity contribution in [2.75, 3.05) is 0 Å². The minimum atomic E-state index is -0.165. The summed E-state index contributed by atoms with van der Waals surface area (Å²) in [6, 6.07) is 14.7. The van der Waals surface area contributed by atoms with Crippen LogP contribution in [-0.4, -0.2) is 20.0 Å². The minimum Gasteiger partial charge on any atom is -0.267 e. The second-order valence-electron chi connectivity index (χ2n) is 5.22. The van der Waals surface area contributed by atoms with Crippen molar-refractivity contribution in [2.24, 2.45) is 0 Å². The third-order valence-corrected chi connectivity index (χ3v) is 4.78. The number of rotatable bonds is 3. The predicted octanol–water partition coefficient (Wildman–Crippen LogP) is 3.62. The van der Waals surface area contributed by atoms with E-state index in [2.05, 4.69) is 15.3 Å². The van der Waals surface area contributed by atoms with Crippen LogP contribution in [0.15, 0.2) is 58.7 Å². The summed E-state index contributed by atoms with van der Waals surface area (Å²) in [5.41, 5.74) is 2.20. The molecule has 2 heterocycles. The third-order valence-electron chi connectivity index (χ3n) is 3.58. The molecule has 0 unspecified atom stereocenters. The third kappa shape index (κ3) is 2.81. The van der Waals surface area contributed by atoms with Gasteiger partial charge in [0.15, 0.2) is 0 Å². The van der Waals surface area contributed by atoms with Crippen molar-refractivity contribution in [3.63, 3.8) is 0 Å². The van der Waals surface area contributed by atoms with Gasteiger partial charge in [0.1, 0.15) is 10.5 Å². The Morgan fingerprint density at radius 3 is 2.71 bits per heavy atom. The number of aromatic nitrogens is 4. The van der Waals surface area contributed by atoms with Gasteiger partial charge in [-0.25, -0.2) is 9.67 Å². The molecule has 0 amide bonds. The standard InChI is InChI=1S/C17H11ClN4OS/c18-12-7-5-11(6-8-12)16-19-13(10-24-16)9-22-17(23)14-3-1-2-4-15(14)20-21-22/h1-8,10H,9H2. The molecule has 4 aromatic rings. The van der Waals surface area contributed by atoms with Gasteiger partial charge in [0, 0.05) is 16.0 Å². The van der Waals surface area contributed by atoms with Crippen LogP contribution in [0.5, 0.6) is 0 Å². The molecule has 0 saturated carbocycles. The molecule has 5 nitrogen and oxygen atoms in total. The van der Waals surface area contributed by atoms with E-state index in [0.717, 1.165) is 16.3 Å². The highest BCUT2D eigenvalue weighted by Crippen LogP contribution is 2.25. The van der Waals surface area contributed by atoms with Crippen LogP contribution in [0.2, 0.25) is 5.02 Å². The molecule has 2 aromatic carbocycles. The van der Waals surface area contributed by atoms with Gasteiger partial charge in [-0.15, -0.1) is 16.4 Å². The second kappa shape index (κ2) is 6.14. The highest BCUT2D eigenvalue weighted by atomic mass is 35.5. The molecular weight excluding hydrogens is 344 g/mol. The minimum absolute atomic E-state index is 0.165. The Hall–Kier alpha value is -2.57. The van der Waals surface area contributed by atoms with Gasteiger partial charge in [-0.3, -0.25) is 4.79 Å². The average Bonchev–Trinajstić information content (AvgIpc) is 3.07. The SMILES string of the molecule is O=c1c2ccccc2nnn1Cc1csc(-c2ccc(Cl)cc2)n1. The highest BCUT2D eigenvalue weighted by molar-refractivity contribution is 7.13. The number of nitrogens with zero attached hydrogens (tertiary/aromatic N) is 4. The van der Waals surface area contributed by atoms with Crippen molar-refractivity contribution < 1.29 is 0 Å². The monoisotopic (exact) mass is 354 g/mol. The summed E-state index contributed by atoms with van der Waals surface area (Å²) in [6.45, 7) is 0.292. The first-order valence-corrected chi connectivity index (χ1v) is 8.49. The second-order valence-corrected chi connectivity index (χ2v) is 6.51. The van der Waals surface area contributed by atoms with Crippen LogP contribution in [0, 0.1) is 0 Å². The number of halogens is 1. The fraction of sp³-hybridized carbons (Fsp3) is 0.0588. The Balaban J connectivity index is 1.66. The molecule has 0 radical (unpaired) electrons. The van der Waals surface area contributed by atoms with Crippen LogP contribution in [0.4, 0.5) is 0 Å². The van der Waals surface area contributed by atoms with Crippen LogP contribution < -0.4 is 5.56 Å². The Morgan fingerprint density at radius 2 is 1.88 bits per heavy atom. The van der Waals surface area contributed by atoms with Gasteiger partial charge in [-0.1, -0.05) is 41.1 Å². The Bertz CT molecular complexity index is 1070. The largest absolute Gasteiger partial charge is 0.277 e. The van der Waals surface area contributed by atoms with E-state index in [1.807, 2.05) is 41.8 Å². The molecule has 2 aromatic heterocycles. The molecule has 0 fully saturated rings. The van der Waals surface area contributed by atoms with Gasteiger partial charge in [-0.2, -0.15) is 0 Å². The quantitative estimate of drug-likeness (QED) is 0.563. The van der Waals surface area contributed by atoms with Gasteiger partial charge < -0.3 is 0 Å². The fourth-order valence-electron chi connectivity index (χ4n) is 2.39. The fourth-order valence-corrected chi connectivity index (χ4v) is 3.33. The molecule has 0 aliphatic rings. The van der Waals surface area contributed by atoms with E-state index in [-0.39, 0.29) is 5.56 Å². The molecule has 0 bridgehead atoms. The number of hydrogen-bond acceptors (Lipinski definition) is 5. The first kappa shape index (κ1) is 15.0. The number of hydrogen-bond donors (Lipinski definition) is 0. The molecule has 118 valence electrons. The lowest BCUT2D eigenvalue weighted by Gasteiger charge is -2.02. The van der Waals surface area contributed by atoms with Gasteiger partial charge in [-0.05, 0) is 24.3 Å². The molecule has 0 aliphatic heterocycles. The Morgan fingerprint density at radius 1 is 1.08 bits per heavy atom. The summed E-state index contributed by atoms with van der Waals surface area (Å²) < 4.78 is 1.34. The van der Waals surface area contributed by atoms with Crippen LogP contribution >= 0.6 is 22.9 Å². The lowest BCUT2D eigenvalue weighted by molar-refractivity contribution is 0.594. The molecule has 7 heteroatoms. The van der Waals surface area contributed by atoms with Crippen LogP contribution in [0.3, 0.4) is 0 Å². The lowest BCUT2D eigenvalue weighted by Crippen LogP contribution is -2.24. The predicted molar refractivity (Wildman–Crippen MR) is 95.5 cm³/mol. The van der Waals surface area contributed by atoms with Crippen LogP contribution in [-0.2, 0) is 6.54 Å². The van der Waals surface area contributed by atoms with Gasteiger partial charge in [0.25, 0.3) is 5.56 Å².